The first-order valence-corrected chi connectivity index (χ1v) is 9.49. The van der Waals surface area contributed by atoms with Crippen molar-refractivity contribution in [2.24, 2.45) is 0 Å². The van der Waals surface area contributed by atoms with Crippen molar-refractivity contribution < 1.29 is 4.79 Å². The first-order chi connectivity index (χ1) is 14.0. The van der Waals surface area contributed by atoms with E-state index in [9.17, 15) is 4.79 Å². The Kier molecular flexibility index (Phi) is 4.96. The molecule has 0 saturated carbocycles. The molecule has 29 heavy (non-hydrogen) atoms. The van der Waals surface area contributed by atoms with Gasteiger partial charge in [-0.05, 0) is 50.1 Å². The van der Waals surface area contributed by atoms with Crippen molar-refractivity contribution >= 4 is 28.7 Å². The number of amides is 1. The van der Waals surface area contributed by atoms with Crippen LogP contribution in [0.5, 0.6) is 0 Å². The minimum Gasteiger partial charge on any atom is -0.307 e. The lowest BCUT2D eigenvalue weighted by Crippen LogP contribution is -2.13. The Morgan fingerprint density at radius 1 is 1.00 bits per heavy atom. The van der Waals surface area contributed by atoms with Crippen molar-refractivity contribution in [2.75, 3.05) is 5.32 Å². The van der Waals surface area contributed by atoms with Gasteiger partial charge in [0.25, 0.3) is 0 Å². The second-order valence-electron chi connectivity index (χ2n) is 7.13. The van der Waals surface area contributed by atoms with Gasteiger partial charge in [-0.1, -0.05) is 48.0 Å². The molecule has 0 aliphatic carbocycles. The molecule has 4 aromatic rings. The third-order valence-corrected chi connectivity index (χ3v) is 4.71. The summed E-state index contributed by atoms with van der Waals surface area (Å²) >= 11 is 0. The summed E-state index contributed by atoms with van der Waals surface area (Å²) in [6, 6.07) is 19.8. The number of nitrogens with one attached hydrogen (secondary N) is 1. The van der Waals surface area contributed by atoms with E-state index < -0.39 is 0 Å². The number of hydrogen-bond acceptors (Lipinski definition) is 3. The fourth-order valence-corrected chi connectivity index (χ4v) is 3.22. The maximum Gasteiger partial charge on any atom is 0.249 e. The summed E-state index contributed by atoms with van der Waals surface area (Å²) in [6.07, 6.45) is 3.32. The largest absolute Gasteiger partial charge is 0.307 e. The van der Waals surface area contributed by atoms with Crippen molar-refractivity contribution in [2.45, 2.75) is 20.8 Å². The van der Waals surface area contributed by atoms with Crippen LogP contribution in [0, 0.1) is 20.8 Å². The van der Waals surface area contributed by atoms with Gasteiger partial charge in [0.15, 0.2) is 5.82 Å². The van der Waals surface area contributed by atoms with E-state index >= 15 is 0 Å². The average Bonchev–Trinajstić information content (AvgIpc) is 3.07. The summed E-state index contributed by atoms with van der Waals surface area (Å²) in [7, 11) is 0. The zero-order chi connectivity index (χ0) is 20.4. The first kappa shape index (κ1) is 18.6. The number of aryl methyl sites for hydroxylation is 3. The van der Waals surface area contributed by atoms with Crippen LogP contribution in [0.25, 0.3) is 22.8 Å². The number of pyridine rings is 1. The SMILES string of the molecule is Cc1ccc(/C=C/C(=O)Nc2cc(C)nn2-c2cc(C)c3ccccc3n2)cc1. The number of rotatable bonds is 4. The Morgan fingerprint density at radius 3 is 2.55 bits per heavy atom. The smallest absolute Gasteiger partial charge is 0.249 e. The molecule has 144 valence electrons. The van der Waals surface area contributed by atoms with Gasteiger partial charge in [0.2, 0.25) is 5.91 Å². The van der Waals surface area contributed by atoms with Gasteiger partial charge in [-0.25, -0.2) is 4.98 Å². The number of anilines is 1. The van der Waals surface area contributed by atoms with Crippen LogP contribution in [-0.2, 0) is 4.79 Å². The highest BCUT2D eigenvalue weighted by molar-refractivity contribution is 6.01. The highest BCUT2D eigenvalue weighted by Crippen LogP contribution is 2.22. The van der Waals surface area contributed by atoms with Crippen molar-refractivity contribution in [3.63, 3.8) is 0 Å². The van der Waals surface area contributed by atoms with E-state index in [1.54, 1.807) is 10.8 Å². The van der Waals surface area contributed by atoms with Crippen molar-refractivity contribution in [3.05, 3.63) is 89.1 Å². The number of nitrogens with zero attached hydrogens (tertiary/aromatic N) is 3. The number of aromatic nitrogens is 3. The van der Waals surface area contributed by atoms with E-state index in [0.717, 1.165) is 27.7 Å². The zero-order valence-electron chi connectivity index (χ0n) is 16.7. The van der Waals surface area contributed by atoms with E-state index in [-0.39, 0.29) is 5.91 Å². The van der Waals surface area contributed by atoms with Gasteiger partial charge in [0.05, 0.1) is 11.2 Å². The minimum atomic E-state index is -0.218. The number of carbonyl (C=O) groups excluding carboxylic acids is 1. The van der Waals surface area contributed by atoms with Crippen LogP contribution in [-0.4, -0.2) is 20.7 Å². The normalized spacial score (nSPS) is 11.3. The number of para-hydroxylation sites is 1. The highest BCUT2D eigenvalue weighted by Gasteiger charge is 2.12. The standard InChI is InChI=1S/C24H22N4O/c1-16-8-10-19(11-9-16)12-13-24(29)26-23-15-18(3)27-28(23)22-14-17(2)20-6-4-5-7-21(20)25-22/h4-15H,1-3H3,(H,26,29)/b13-12+. The zero-order valence-corrected chi connectivity index (χ0v) is 16.7. The van der Waals surface area contributed by atoms with Gasteiger partial charge in [-0.3, -0.25) is 4.79 Å². The summed E-state index contributed by atoms with van der Waals surface area (Å²) in [6.45, 7) is 5.97. The topological polar surface area (TPSA) is 59.8 Å². The van der Waals surface area contributed by atoms with Crippen LogP contribution in [0.2, 0.25) is 0 Å². The number of carbonyl (C=O) groups is 1. The predicted molar refractivity (Wildman–Crippen MR) is 117 cm³/mol. The quantitative estimate of drug-likeness (QED) is 0.506. The van der Waals surface area contributed by atoms with Crippen molar-refractivity contribution in [1.29, 1.82) is 0 Å². The molecular weight excluding hydrogens is 360 g/mol. The van der Waals surface area contributed by atoms with E-state index in [4.69, 9.17) is 4.98 Å². The fourth-order valence-electron chi connectivity index (χ4n) is 3.22. The molecule has 2 heterocycles. The number of fused-ring (bicyclic) bond motifs is 1. The van der Waals surface area contributed by atoms with Crippen LogP contribution in [0.1, 0.15) is 22.4 Å². The number of hydrogen-bond donors (Lipinski definition) is 1. The molecule has 0 saturated heterocycles. The molecule has 4 rings (SSSR count). The van der Waals surface area contributed by atoms with Crippen LogP contribution >= 0.6 is 0 Å². The second kappa shape index (κ2) is 7.72. The van der Waals surface area contributed by atoms with Crippen molar-refractivity contribution in [1.82, 2.24) is 14.8 Å². The lowest BCUT2D eigenvalue weighted by Gasteiger charge is -2.10. The molecule has 5 nitrogen and oxygen atoms in total. The predicted octanol–water partition coefficient (Wildman–Crippen LogP) is 5.00. The molecule has 2 aromatic carbocycles. The van der Waals surface area contributed by atoms with Gasteiger partial charge in [0, 0.05) is 17.5 Å². The van der Waals surface area contributed by atoms with E-state index in [1.807, 2.05) is 81.4 Å². The maximum atomic E-state index is 12.5. The summed E-state index contributed by atoms with van der Waals surface area (Å²) < 4.78 is 1.67. The monoisotopic (exact) mass is 382 g/mol. The van der Waals surface area contributed by atoms with Gasteiger partial charge < -0.3 is 5.32 Å². The molecule has 0 aliphatic rings. The maximum absolute atomic E-state index is 12.5. The van der Waals surface area contributed by atoms with Crippen LogP contribution < -0.4 is 5.32 Å². The van der Waals surface area contributed by atoms with E-state index in [2.05, 4.69) is 10.4 Å². The van der Waals surface area contributed by atoms with Crippen molar-refractivity contribution in [3.8, 4) is 5.82 Å². The van der Waals surface area contributed by atoms with Gasteiger partial charge in [-0.15, -0.1) is 0 Å². The van der Waals surface area contributed by atoms with Gasteiger partial charge >= 0.3 is 0 Å². The summed E-state index contributed by atoms with van der Waals surface area (Å²) in [4.78, 5) is 17.2. The lowest BCUT2D eigenvalue weighted by atomic mass is 10.1. The highest BCUT2D eigenvalue weighted by atomic mass is 16.1. The molecule has 0 aliphatic heterocycles. The van der Waals surface area contributed by atoms with Gasteiger partial charge in [-0.2, -0.15) is 9.78 Å². The van der Waals surface area contributed by atoms with Crippen LogP contribution in [0.3, 0.4) is 0 Å². The third-order valence-electron chi connectivity index (χ3n) is 4.71. The molecule has 1 N–H and O–H groups in total. The Morgan fingerprint density at radius 2 is 1.76 bits per heavy atom. The molecule has 0 bridgehead atoms. The Hall–Kier alpha value is -3.73. The molecule has 1 amide bonds. The average molecular weight is 382 g/mol. The van der Waals surface area contributed by atoms with Crippen LogP contribution in [0.4, 0.5) is 5.82 Å². The Balaban J connectivity index is 1.62. The molecule has 0 spiro atoms. The van der Waals surface area contributed by atoms with Crippen LogP contribution in [0.15, 0.2) is 66.7 Å². The first-order valence-electron chi connectivity index (χ1n) is 9.49. The Bertz CT molecular complexity index is 1220. The third kappa shape index (κ3) is 4.09. The van der Waals surface area contributed by atoms with E-state index in [0.29, 0.717) is 11.6 Å². The second-order valence-corrected chi connectivity index (χ2v) is 7.13. The fraction of sp³-hybridized carbons (Fsp3) is 0.125. The molecule has 2 aromatic heterocycles. The summed E-state index contributed by atoms with van der Waals surface area (Å²) in [5, 5.41) is 8.54. The molecule has 0 radical (unpaired) electrons. The molecule has 5 heteroatoms. The molecular formula is C24H22N4O. The molecule has 0 unspecified atom stereocenters. The van der Waals surface area contributed by atoms with E-state index in [1.165, 1.54) is 11.6 Å². The molecule has 0 fully saturated rings. The lowest BCUT2D eigenvalue weighted by molar-refractivity contribution is -0.111. The number of benzene rings is 2. The van der Waals surface area contributed by atoms with Gasteiger partial charge in [0.1, 0.15) is 5.82 Å². The Labute approximate surface area is 169 Å². The summed E-state index contributed by atoms with van der Waals surface area (Å²) in [5.74, 6) is 1.04. The summed E-state index contributed by atoms with van der Waals surface area (Å²) in [5.41, 5.74) is 4.96. The molecule has 0 atom stereocenters. The minimum absolute atomic E-state index is 0.218.